The van der Waals surface area contributed by atoms with E-state index in [2.05, 4.69) is 9.39 Å². The van der Waals surface area contributed by atoms with Crippen LogP contribution in [0.5, 0.6) is 5.75 Å². The summed E-state index contributed by atoms with van der Waals surface area (Å²) < 4.78 is 35.1. The zero-order valence-electron chi connectivity index (χ0n) is 19.2. The van der Waals surface area contributed by atoms with E-state index in [9.17, 15) is 23.3 Å². The molecule has 11 nitrogen and oxygen atoms in total. The fraction of sp³-hybridized carbons (Fsp3) is 0.217. The van der Waals surface area contributed by atoms with E-state index in [0.29, 0.717) is 16.9 Å². The number of hydrogen-bond donors (Lipinski definition) is 1. The van der Waals surface area contributed by atoms with Crippen molar-refractivity contribution in [1.29, 1.82) is 5.41 Å². The number of carbonyl (C=O) groups is 1. The predicted molar refractivity (Wildman–Crippen MR) is 138 cm³/mol. The van der Waals surface area contributed by atoms with Gasteiger partial charge in [0.2, 0.25) is 20.2 Å². The number of benzene rings is 2. The summed E-state index contributed by atoms with van der Waals surface area (Å²) in [5.74, 6) is -0.839. The number of nitrogens with zero attached hydrogens (tertiary/aromatic N) is 4. The first-order chi connectivity index (χ1) is 17.1. The third-order valence-electron chi connectivity index (χ3n) is 5.10. The Hall–Kier alpha value is -3.84. The average molecular weight is 528 g/mol. The van der Waals surface area contributed by atoms with E-state index in [0.717, 1.165) is 16.8 Å². The van der Waals surface area contributed by atoms with E-state index >= 15 is 0 Å². The van der Waals surface area contributed by atoms with Crippen LogP contribution >= 0.6 is 11.9 Å². The van der Waals surface area contributed by atoms with Crippen molar-refractivity contribution in [2.24, 2.45) is 15.3 Å². The number of ether oxygens (including phenoxy) is 1. The van der Waals surface area contributed by atoms with E-state index in [1.807, 2.05) is 0 Å². The van der Waals surface area contributed by atoms with Gasteiger partial charge in [-0.25, -0.2) is 13.3 Å². The number of fused-ring (bicyclic) bond motifs is 1. The molecule has 0 aromatic heterocycles. The van der Waals surface area contributed by atoms with Crippen molar-refractivity contribution >= 4 is 55.6 Å². The fourth-order valence-corrected chi connectivity index (χ4v) is 6.24. The second kappa shape index (κ2) is 10.0. The van der Waals surface area contributed by atoms with Crippen molar-refractivity contribution in [2.75, 3.05) is 5.75 Å². The van der Waals surface area contributed by atoms with E-state index in [-0.39, 0.29) is 45.7 Å². The molecule has 0 atom stereocenters. The number of para-hydroxylation sites is 1. The Morgan fingerprint density at radius 3 is 2.56 bits per heavy atom. The van der Waals surface area contributed by atoms with Gasteiger partial charge in [0.1, 0.15) is 18.2 Å². The summed E-state index contributed by atoms with van der Waals surface area (Å²) in [5, 5.41) is 19.4. The normalized spacial score (nSPS) is 16.8. The molecular weight excluding hydrogens is 506 g/mol. The monoisotopic (exact) mass is 527 g/mol. The number of sulfone groups is 1. The van der Waals surface area contributed by atoms with Crippen LogP contribution in [0, 0.1) is 21.4 Å². The highest BCUT2D eigenvalue weighted by molar-refractivity contribution is 8.16. The van der Waals surface area contributed by atoms with Gasteiger partial charge in [-0.15, -0.1) is 0 Å². The largest absolute Gasteiger partial charge is 0.489 e. The van der Waals surface area contributed by atoms with Gasteiger partial charge in [-0.05, 0) is 35.8 Å². The molecule has 0 fully saturated rings. The minimum Gasteiger partial charge on any atom is -0.489 e. The van der Waals surface area contributed by atoms with Crippen LogP contribution in [0.1, 0.15) is 25.0 Å². The third-order valence-corrected chi connectivity index (χ3v) is 7.85. The zero-order chi connectivity index (χ0) is 26.0. The lowest BCUT2D eigenvalue weighted by Gasteiger charge is -2.24. The quantitative estimate of drug-likeness (QED) is 0.246. The summed E-state index contributed by atoms with van der Waals surface area (Å²) in [6.45, 7) is 3.53. The number of aliphatic imine (C=N–C) groups is 1. The molecule has 0 spiro atoms. The van der Waals surface area contributed by atoms with Gasteiger partial charge in [-0.2, -0.15) is 9.39 Å². The highest BCUT2D eigenvalue weighted by Crippen LogP contribution is 2.31. The first-order valence-corrected chi connectivity index (χ1v) is 13.2. The molecule has 13 heteroatoms. The van der Waals surface area contributed by atoms with Gasteiger partial charge in [0.25, 0.3) is 11.6 Å². The van der Waals surface area contributed by atoms with Crippen molar-refractivity contribution in [1.82, 2.24) is 4.90 Å². The average Bonchev–Trinajstić information content (AvgIpc) is 3.25. The van der Waals surface area contributed by atoms with Crippen molar-refractivity contribution < 1.29 is 22.9 Å². The molecule has 0 unspecified atom stereocenters. The van der Waals surface area contributed by atoms with Crippen LogP contribution in [-0.2, 0) is 21.2 Å². The second-order valence-corrected chi connectivity index (χ2v) is 11.0. The van der Waals surface area contributed by atoms with Crippen LogP contribution in [0.3, 0.4) is 0 Å². The molecule has 2 aromatic carbocycles. The Bertz CT molecular complexity index is 1450. The smallest absolute Gasteiger partial charge is 0.283 e. The summed E-state index contributed by atoms with van der Waals surface area (Å²) in [5.41, 5.74) is 0.862. The van der Waals surface area contributed by atoms with Gasteiger partial charge in [-0.3, -0.25) is 20.3 Å². The van der Waals surface area contributed by atoms with E-state index in [4.69, 9.17) is 10.1 Å². The lowest BCUT2D eigenvalue weighted by atomic mass is 10.1. The van der Waals surface area contributed by atoms with Crippen LogP contribution < -0.4 is 4.74 Å². The number of nitro groups is 1. The zero-order valence-corrected chi connectivity index (χ0v) is 20.9. The molecule has 36 heavy (non-hydrogen) atoms. The predicted octanol–water partition coefficient (Wildman–Crippen LogP) is 3.82. The molecule has 186 valence electrons. The Morgan fingerprint density at radius 2 is 1.89 bits per heavy atom. The minimum absolute atomic E-state index is 0.00218. The summed E-state index contributed by atoms with van der Waals surface area (Å²) in [4.78, 5) is 28.3. The van der Waals surface area contributed by atoms with Gasteiger partial charge in [-0.1, -0.05) is 38.1 Å². The van der Waals surface area contributed by atoms with Gasteiger partial charge in [0.05, 0.1) is 33.8 Å². The maximum atomic E-state index is 12.8. The van der Waals surface area contributed by atoms with Crippen molar-refractivity contribution in [3.8, 4) is 5.75 Å². The SMILES string of the molecule is CC(C)CS(=O)(=O)C1=NSC2=NC(=O)/C(=C\c3ccc(OCc4ccccc4[N+](=O)[O-])cc3)C(=N)N21. The van der Waals surface area contributed by atoms with Crippen LogP contribution in [0.4, 0.5) is 5.69 Å². The lowest BCUT2D eigenvalue weighted by molar-refractivity contribution is -0.385. The topological polar surface area (TPSA) is 155 Å². The van der Waals surface area contributed by atoms with Crippen molar-refractivity contribution in [3.05, 3.63) is 75.3 Å². The number of amidine groups is 3. The molecule has 2 aliphatic heterocycles. The fourth-order valence-electron chi connectivity index (χ4n) is 3.51. The molecule has 0 radical (unpaired) electrons. The van der Waals surface area contributed by atoms with Crippen molar-refractivity contribution in [3.63, 3.8) is 0 Å². The maximum Gasteiger partial charge on any atom is 0.283 e. The molecule has 0 saturated carbocycles. The standard InChI is InChI=1S/C23H21N5O6S2/c1-14(2)13-36(32,33)23-26-35-22-25-21(29)18(20(24)27(22)23)11-15-7-9-17(10-8-15)34-12-16-5-3-4-6-19(16)28(30)31/h3-11,14,24H,12-13H2,1-2H3/b18-11-,24-20?. The molecule has 2 aromatic rings. The summed E-state index contributed by atoms with van der Waals surface area (Å²) in [6, 6.07) is 12.8. The second-order valence-electron chi connectivity index (χ2n) is 8.33. The molecule has 1 amide bonds. The highest BCUT2D eigenvalue weighted by Gasteiger charge is 2.42. The highest BCUT2D eigenvalue weighted by atomic mass is 32.2. The molecule has 0 aliphatic carbocycles. The number of nitrogens with one attached hydrogen (secondary N) is 1. The Labute approximate surface area is 211 Å². The summed E-state index contributed by atoms with van der Waals surface area (Å²) in [7, 11) is -3.78. The van der Waals surface area contributed by atoms with Gasteiger partial charge in [0, 0.05) is 6.07 Å². The van der Waals surface area contributed by atoms with Gasteiger partial charge in [0.15, 0.2) is 0 Å². The number of carbonyl (C=O) groups excluding carboxylic acids is 1. The Morgan fingerprint density at radius 1 is 1.19 bits per heavy atom. The molecular formula is C23H21N5O6S2. The van der Waals surface area contributed by atoms with Crippen LogP contribution in [-0.4, -0.2) is 46.1 Å². The lowest BCUT2D eigenvalue weighted by Crippen LogP contribution is -2.46. The summed E-state index contributed by atoms with van der Waals surface area (Å²) in [6.07, 6.45) is 1.44. The molecule has 0 bridgehead atoms. The Kier molecular flexibility index (Phi) is 7.04. The van der Waals surface area contributed by atoms with Crippen LogP contribution in [0.2, 0.25) is 0 Å². The number of amides is 1. The van der Waals surface area contributed by atoms with Crippen molar-refractivity contribution in [2.45, 2.75) is 20.5 Å². The molecule has 1 N–H and O–H groups in total. The molecule has 0 saturated heterocycles. The molecule has 2 heterocycles. The third kappa shape index (κ3) is 5.21. The molecule has 2 aliphatic rings. The van der Waals surface area contributed by atoms with E-state index < -0.39 is 20.7 Å². The first kappa shape index (κ1) is 25.3. The van der Waals surface area contributed by atoms with E-state index in [1.54, 1.807) is 56.3 Å². The summed E-state index contributed by atoms with van der Waals surface area (Å²) >= 11 is 0.750. The number of hydrogen-bond acceptors (Lipinski definition) is 9. The van der Waals surface area contributed by atoms with Gasteiger partial charge >= 0.3 is 0 Å². The minimum atomic E-state index is -3.78. The number of rotatable bonds is 7. The number of nitro benzene ring substituents is 1. The first-order valence-electron chi connectivity index (χ1n) is 10.7. The molecule has 4 rings (SSSR count). The van der Waals surface area contributed by atoms with Crippen LogP contribution in [0.15, 0.2) is 63.5 Å². The van der Waals surface area contributed by atoms with Crippen LogP contribution in [0.25, 0.3) is 6.08 Å². The van der Waals surface area contributed by atoms with Gasteiger partial charge < -0.3 is 4.74 Å². The Balaban J connectivity index is 1.52. The maximum absolute atomic E-state index is 12.8. The van der Waals surface area contributed by atoms with E-state index in [1.165, 1.54) is 12.1 Å².